The monoisotopic (exact) mass is 283 g/mol. The fraction of sp³-hybridized carbons (Fsp3) is 0.474. The molecule has 2 atom stereocenters. The summed E-state index contributed by atoms with van der Waals surface area (Å²) in [5, 5.41) is 0. The van der Waals surface area contributed by atoms with Crippen molar-refractivity contribution in [2.24, 2.45) is 0 Å². The highest BCUT2D eigenvalue weighted by atomic mass is 16.5. The molecule has 2 heteroatoms. The van der Waals surface area contributed by atoms with Crippen molar-refractivity contribution in [2.45, 2.75) is 45.8 Å². The van der Waals surface area contributed by atoms with Gasteiger partial charge in [0.25, 0.3) is 0 Å². The van der Waals surface area contributed by atoms with Crippen molar-refractivity contribution in [1.82, 2.24) is 4.90 Å². The third kappa shape index (κ3) is 3.12. The molecule has 0 aliphatic carbocycles. The Kier molecular flexibility index (Phi) is 4.27. The Morgan fingerprint density at radius 1 is 1.14 bits per heavy atom. The van der Waals surface area contributed by atoms with Gasteiger partial charge in [-0.2, -0.15) is 0 Å². The van der Waals surface area contributed by atoms with Crippen LogP contribution in [0.3, 0.4) is 0 Å². The third-order valence-corrected chi connectivity index (χ3v) is 4.78. The highest BCUT2D eigenvalue weighted by Gasteiger charge is 2.34. The first-order valence-electron chi connectivity index (χ1n) is 7.87. The van der Waals surface area contributed by atoms with Gasteiger partial charge in [0.2, 0.25) is 0 Å². The Hall–Kier alpha value is -1.38. The van der Waals surface area contributed by atoms with E-state index in [2.05, 4.69) is 62.1 Å². The first kappa shape index (κ1) is 14.6. The van der Waals surface area contributed by atoms with Gasteiger partial charge >= 0.3 is 0 Å². The summed E-state index contributed by atoms with van der Waals surface area (Å²) in [7, 11) is 0. The molecule has 0 N–H and O–H groups in total. The lowest BCUT2D eigenvalue weighted by Gasteiger charge is -2.45. The third-order valence-electron chi connectivity index (χ3n) is 4.78. The lowest BCUT2D eigenvalue weighted by Crippen LogP contribution is -2.53. The topological polar surface area (TPSA) is 12.5 Å². The average molecular weight is 283 g/mol. The summed E-state index contributed by atoms with van der Waals surface area (Å²) in [5.41, 5.74) is 5.81. The molecule has 2 bridgehead atoms. The predicted octanol–water partition coefficient (Wildman–Crippen LogP) is 3.94. The SMILES string of the molecule is CC(C)=C(C)C1=CC2COCC(C1)N2Cc1ccccc1. The smallest absolute Gasteiger partial charge is 0.0658 e. The van der Waals surface area contributed by atoms with E-state index in [1.54, 1.807) is 0 Å². The van der Waals surface area contributed by atoms with Crippen LogP contribution in [0.4, 0.5) is 0 Å². The van der Waals surface area contributed by atoms with Crippen molar-refractivity contribution >= 4 is 0 Å². The number of fused-ring (bicyclic) bond motifs is 2. The van der Waals surface area contributed by atoms with Gasteiger partial charge in [-0.05, 0) is 43.9 Å². The van der Waals surface area contributed by atoms with Crippen molar-refractivity contribution in [3.8, 4) is 0 Å². The fourth-order valence-electron chi connectivity index (χ4n) is 3.30. The number of hydrogen-bond donors (Lipinski definition) is 0. The number of benzene rings is 1. The van der Waals surface area contributed by atoms with Crippen LogP contribution >= 0.6 is 0 Å². The van der Waals surface area contributed by atoms with Crippen LogP contribution in [0.15, 0.2) is 53.1 Å². The van der Waals surface area contributed by atoms with Crippen molar-refractivity contribution in [1.29, 1.82) is 0 Å². The van der Waals surface area contributed by atoms with Crippen molar-refractivity contribution in [3.63, 3.8) is 0 Å². The second kappa shape index (κ2) is 6.17. The molecule has 1 saturated heterocycles. The number of morpholine rings is 1. The van der Waals surface area contributed by atoms with Gasteiger partial charge in [-0.25, -0.2) is 0 Å². The molecule has 21 heavy (non-hydrogen) atoms. The normalized spacial score (nSPS) is 25.4. The van der Waals surface area contributed by atoms with Gasteiger partial charge in [-0.3, -0.25) is 4.90 Å². The van der Waals surface area contributed by atoms with Crippen molar-refractivity contribution in [2.75, 3.05) is 13.2 Å². The number of allylic oxidation sites excluding steroid dienone is 2. The van der Waals surface area contributed by atoms with E-state index in [1.165, 1.54) is 22.3 Å². The van der Waals surface area contributed by atoms with E-state index in [0.717, 1.165) is 26.2 Å². The average Bonchev–Trinajstić information content (AvgIpc) is 2.47. The minimum absolute atomic E-state index is 0.419. The summed E-state index contributed by atoms with van der Waals surface area (Å²) >= 11 is 0. The minimum atomic E-state index is 0.419. The molecule has 112 valence electrons. The van der Waals surface area contributed by atoms with E-state index >= 15 is 0 Å². The molecule has 0 aromatic heterocycles. The highest BCUT2D eigenvalue weighted by Crippen LogP contribution is 2.32. The minimum Gasteiger partial charge on any atom is -0.378 e. The molecule has 2 aliphatic rings. The van der Waals surface area contributed by atoms with Crippen LogP contribution in [0.5, 0.6) is 0 Å². The van der Waals surface area contributed by atoms with E-state index < -0.39 is 0 Å². The van der Waals surface area contributed by atoms with Crippen molar-refractivity contribution < 1.29 is 4.74 Å². The van der Waals surface area contributed by atoms with Crippen molar-refractivity contribution in [3.05, 3.63) is 58.7 Å². The second-order valence-corrected chi connectivity index (χ2v) is 6.44. The van der Waals surface area contributed by atoms with Crippen LogP contribution in [-0.2, 0) is 11.3 Å². The summed E-state index contributed by atoms with van der Waals surface area (Å²) in [5.74, 6) is 0. The molecule has 3 rings (SSSR count). The van der Waals surface area contributed by atoms with E-state index in [0.29, 0.717) is 12.1 Å². The molecule has 0 spiro atoms. The zero-order chi connectivity index (χ0) is 14.8. The zero-order valence-corrected chi connectivity index (χ0v) is 13.3. The maximum Gasteiger partial charge on any atom is 0.0658 e. The maximum atomic E-state index is 5.79. The van der Waals surface area contributed by atoms with Crippen LogP contribution in [0.25, 0.3) is 0 Å². The predicted molar refractivity (Wildman–Crippen MR) is 87.1 cm³/mol. The summed E-state index contributed by atoms with van der Waals surface area (Å²) < 4.78 is 5.79. The molecule has 0 amide bonds. The molecule has 2 unspecified atom stereocenters. The largest absolute Gasteiger partial charge is 0.378 e. The number of hydrogen-bond acceptors (Lipinski definition) is 2. The summed E-state index contributed by atoms with van der Waals surface area (Å²) in [6, 6.07) is 11.7. The van der Waals surface area contributed by atoms with Gasteiger partial charge in [-0.15, -0.1) is 0 Å². The molecule has 0 saturated carbocycles. The van der Waals surface area contributed by atoms with Gasteiger partial charge < -0.3 is 4.74 Å². The molecule has 1 aromatic rings. The highest BCUT2D eigenvalue weighted by molar-refractivity contribution is 5.36. The van der Waals surface area contributed by atoms with Crippen LogP contribution in [0.2, 0.25) is 0 Å². The Morgan fingerprint density at radius 2 is 1.90 bits per heavy atom. The van der Waals surface area contributed by atoms with E-state index in [9.17, 15) is 0 Å². The lowest BCUT2D eigenvalue weighted by molar-refractivity contribution is -0.0434. The summed E-state index contributed by atoms with van der Waals surface area (Å²) in [6.07, 6.45) is 3.54. The van der Waals surface area contributed by atoms with E-state index in [-0.39, 0.29) is 0 Å². The molecule has 0 radical (unpaired) electrons. The maximum absolute atomic E-state index is 5.79. The van der Waals surface area contributed by atoms with Gasteiger partial charge in [0.1, 0.15) is 0 Å². The fourth-order valence-corrected chi connectivity index (χ4v) is 3.30. The lowest BCUT2D eigenvalue weighted by atomic mass is 9.88. The summed E-state index contributed by atoms with van der Waals surface area (Å²) in [4.78, 5) is 2.61. The molecular weight excluding hydrogens is 258 g/mol. The Labute approximate surface area is 128 Å². The molecule has 1 fully saturated rings. The number of rotatable bonds is 3. The van der Waals surface area contributed by atoms with Gasteiger partial charge in [0, 0.05) is 12.6 Å². The van der Waals surface area contributed by atoms with E-state index in [4.69, 9.17) is 4.74 Å². The molecular formula is C19H25NO. The molecule has 2 heterocycles. The zero-order valence-electron chi connectivity index (χ0n) is 13.3. The second-order valence-electron chi connectivity index (χ2n) is 6.44. The Balaban J connectivity index is 1.83. The molecule has 2 nitrogen and oxygen atoms in total. The van der Waals surface area contributed by atoms with Crippen LogP contribution in [-0.4, -0.2) is 30.2 Å². The Morgan fingerprint density at radius 3 is 2.57 bits per heavy atom. The number of nitrogens with zero attached hydrogens (tertiary/aromatic N) is 1. The van der Waals surface area contributed by atoms with Crippen LogP contribution < -0.4 is 0 Å². The molecule has 1 aromatic carbocycles. The van der Waals surface area contributed by atoms with Gasteiger partial charge in [0.05, 0.1) is 19.3 Å². The first-order chi connectivity index (χ1) is 10.1. The van der Waals surface area contributed by atoms with Crippen LogP contribution in [0.1, 0.15) is 32.8 Å². The number of ether oxygens (including phenoxy) is 1. The Bertz CT molecular complexity index is 554. The van der Waals surface area contributed by atoms with E-state index in [1.807, 2.05) is 0 Å². The summed E-state index contributed by atoms with van der Waals surface area (Å²) in [6.45, 7) is 9.37. The molecule has 2 aliphatic heterocycles. The van der Waals surface area contributed by atoms with Gasteiger partial charge in [0.15, 0.2) is 0 Å². The standard InChI is InChI=1S/C19H25NO/c1-14(2)15(3)17-9-18-12-21-13-19(10-17)20(18)11-16-7-5-4-6-8-16/h4-9,18-19H,10-13H2,1-3H3. The quantitative estimate of drug-likeness (QED) is 0.833. The van der Waals surface area contributed by atoms with Gasteiger partial charge in [-0.1, -0.05) is 42.0 Å². The first-order valence-corrected chi connectivity index (χ1v) is 7.87. The van der Waals surface area contributed by atoms with Crippen LogP contribution in [0, 0.1) is 0 Å².